The summed E-state index contributed by atoms with van der Waals surface area (Å²) in [5.74, 6) is -1.46. The van der Waals surface area contributed by atoms with Crippen LogP contribution >= 0.6 is 0 Å². The van der Waals surface area contributed by atoms with Crippen LogP contribution in [0.5, 0.6) is 0 Å². The van der Waals surface area contributed by atoms with Crippen molar-refractivity contribution < 1.29 is 17.2 Å². The van der Waals surface area contributed by atoms with Crippen LogP contribution in [0.25, 0.3) is 0 Å². The second-order valence-corrected chi connectivity index (χ2v) is 5.53. The van der Waals surface area contributed by atoms with Crippen molar-refractivity contribution in [2.45, 2.75) is 4.90 Å². The highest BCUT2D eigenvalue weighted by atomic mass is 32.2. The van der Waals surface area contributed by atoms with E-state index in [0.717, 1.165) is 12.1 Å². The number of nitrogens with two attached hydrogens (primary N) is 1. The first-order valence-electron chi connectivity index (χ1n) is 5.48. The van der Waals surface area contributed by atoms with Gasteiger partial charge < -0.3 is 0 Å². The summed E-state index contributed by atoms with van der Waals surface area (Å²) in [7, 11) is -3.74. The Morgan fingerprint density at radius 3 is 2.25 bits per heavy atom. The second kappa shape index (κ2) is 5.48. The maximum Gasteiger partial charge on any atom is 0.238 e. The Balaban J connectivity index is 2.24. The topological polar surface area (TPSA) is 72.5 Å². The number of hydrogen-bond acceptors (Lipinski definition) is 3. The number of halogens is 2. The van der Waals surface area contributed by atoms with E-state index >= 15 is 0 Å². The smallest absolute Gasteiger partial charge is 0.238 e. The Morgan fingerprint density at radius 1 is 1.05 bits per heavy atom. The average molecular weight is 296 g/mol. The van der Waals surface area contributed by atoms with E-state index in [9.17, 15) is 17.2 Å². The summed E-state index contributed by atoms with van der Waals surface area (Å²) in [5.41, 5.74) is 0.544. The average Bonchev–Trinajstić information content (AvgIpc) is 2.37. The van der Waals surface area contributed by atoms with Crippen LogP contribution in [-0.4, -0.2) is 14.6 Å². The summed E-state index contributed by atoms with van der Waals surface area (Å²) in [5, 5.41) is 4.96. The van der Waals surface area contributed by atoms with E-state index < -0.39 is 21.7 Å². The zero-order valence-electron chi connectivity index (χ0n) is 10.1. The third kappa shape index (κ3) is 3.46. The van der Waals surface area contributed by atoms with Crippen LogP contribution < -0.4 is 5.14 Å². The van der Waals surface area contributed by atoms with Crippen LogP contribution in [0.2, 0.25) is 0 Å². The molecule has 0 atom stereocenters. The molecular formula is C13H10F2N2O2S. The van der Waals surface area contributed by atoms with Crippen molar-refractivity contribution in [2.75, 3.05) is 0 Å². The number of rotatable bonds is 3. The Labute approximate surface area is 114 Å². The van der Waals surface area contributed by atoms with Crippen LogP contribution in [-0.2, 0) is 10.0 Å². The van der Waals surface area contributed by atoms with E-state index in [-0.39, 0.29) is 10.6 Å². The first-order chi connectivity index (χ1) is 9.36. The van der Waals surface area contributed by atoms with Crippen molar-refractivity contribution in [1.82, 2.24) is 0 Å². The molecule has 20 heavy (non-hydrogen) atoms. The molecule has 0 aliphatic rings. The molecule has 0 aromatic heterocycles. The van der Waals surface area contributed by atoms with Crippen molar-refractivity contribution in [2.24, 2.45) is 10.1 Å². The molecule has 0 spiro atoms. The predicted molar refractivity (Wildman–Crippen MR) is 71.4 cm³/mol. The molecule has 2 N–H and O–H groups in total. The third-order valence-corrected chi connectivity index (χ3v) is 3.40. The largest absolute Gasteiger partial charge is 0.253 e. The molecule has 0 aliphatic carbocycles. The van der Waals surface area contributed by atoms with Gasteiger partial charge in [-0.2, -0.15) is 0 Å². The molecule has 0 fully saturated rings. The Kier molecular flexibility index (Phi) is 3.91. The second-order valence-electron chi connectivity index (χ2n) is 3.97. The lowest BCUT2D eigenvalue weighted by Crippen LogP contribution is -2.11. The predicted octanol–water partition coefficient (Wildman–Crippen LogP) is 2.36. The van der Waals surface area contributed by atoms with E-state index in [4.69, 9.17) is 5.14 Å². The van der Waals surface area contributed by atoms with Crippen molar-refractivity contribution >= 4 is 21.9 Å². The lowest BCUT2D eigenvalue weighted by atomic mass is 10.2. The zero-order valence-corrected chi connectivity index (χ0v) is 10.9. The van der Waals surface area contributed by atoms with Crippen molar-refractivity contribution in [3.8, 4) is 0 Å². The van der Waals surface area contributed by atoms with Crippen LogP contribution in [0.3, 0.4) is 0 Å². The number of aliphatic imine (C=N–C) groups is 1. The SMILES string of the molecule is NS(=O)(=O)c1ccc(C=Nc2ccc(F)cc2F)cc1. The number of benzene rings is 2. The molecule has 0 amide bonds. The Bertz CT molecular complexity index is 756. The highest BCUT2D eigenvalue weighted by Gasteiger charge is 2.06. The van der Waals surface area contributed by atoms with Crippen molar-refractivity contribution in [3.63, 3.8) is 0 Å². The molecule has 2 aromatic rings. The summed E-state index contributed by atoms with van der Waals surface area (Å²) < 4.78 is 48.1. The number of sulfonamides is 1. The summed E-state index contributed by atoms with van der Waals surface area (Å²) >= 11 is 0. The maximum absolute atomic E-state index is 13.3. The molecule has 4 nitrogen and oxygen atoms in total. The minimum Gasteiger partial charge on any atom is -0.253 e. The molecule has 0 unspecified atom stereocenters. The molecule has 2 rings (SSSR count). The molecule has 0 aliphatic heterocycles. The molecule has 0 radical (unpaired) electrons. The van der Waals surface area contributed by atoms with Gasteiger partial charge in [-0.25, -0.2) is 22.3 Å². The molecule has 0 bridgehead atoms. The number of nitrogens with zero attached hydrogens (tertiary/aromatic N) is 1. The maximum atomic E-state index is 13.3. The summed E-state index contributed by atoms with van der Waals surface area (Å²) in [6.07, 6.45) is 1.34. The molecule has 2 aromatic carbocycles. The van der Waals surface area contributed by atoms with Gasteiger partial charge in [-0.15, -0.1) is 0 Å². The number of primary sulfonamides is 1. The monoisotopic (exact) mass is 296 g/mol. The fourth-order valence-corrected chi connectivity index (χ4v) is 1.99. The molecule has 0 saturated carbocycles. The van der Waals surface area contributed by atoms with Gasteiger partial charge in [0.2, 0.25) is 10.0 Å². The van der Waals surface area contributed by atoms with E-state index in [2.05, 4.69) is 4.99 Å². The highest BCUT2D eigenvalue weighted by Crippen LogP contribution is 2.18. The van der Waals surface area contributed by atoms with Gasteiger partial charge in [0.25, 0.3) is 0 Å². The lowest BCUT2D eigenvalue weighted by Gasteiger charge is -1.99. The van der Waals surface area contributed by atoms with Crippen LogP contribution in [0.4, 0.5) is 14.5 Å². The Morgan fingerprint density at radius 2 is 1.70 bits per heavy atom. The summed E-state index contributed by atoms with van der Waals surface area (Å²) in [6.45, 7) is 0. The molecule has 0 heterocycles. The summed E-state index contributed by atoms with van der Waals surface area (Å²) in [4.78, 5) is 3.84. The van der Waals surface area contributed by atoms with Crippen molar-refractivity contribution in [3.05, 3.63) is 59.7 Å². The van der Waals surface area contributed by atoms with Gasteiger partial charge in [-0.3, -0.25) is 4.99 Å². The molecule has 7 heteroatoms. The standard InChI is InChI=1S/C13H10F2N2O2S/c14-10-3-6-13(12(15)7-10)17-8-9-1-4-11(5-2-9)20(16,18)19/h1-8H,(H2,16,18,19). The zero-order chi connectivity index (χ0) is 14.8. The fourth-order valence-electron chi connectivity index (χ4n) is 1.47. The quantitative estimate of drug-likeness (QED) is 0.883. The lowest BCUT2D eigenvalue weighted by molar-refractivity contribution is 0.585. The first-order valence-corrected chi connectivity index (χ1v) is 7.03. The first kappa shape index (κ1) is 14.3. The van der Waals surface area contributed by atoms with Gasteiger partial charge in [0.1, 0.15) is 5.82 Å². The highest BCUT2D eigenvalue weighted by molar-refractivity contribution is 7.89. The van der Waals surface area contributed by atoms with Crippen LogP contribution in [0.1, 0.15) is 5.56 Å². The van der Waals surface area contributed by atoms with E-state index in [1.54, 1.807) is 0 Å². The van der Waals surface area contributed by atoms with E-state index in [1.807, 2.05) is 0 Å². The number of hydrogen-bond donors (Lipinski definition) is 1. The van der Waals surface area contributed by atoms with Gasteiger partial charge in [0.05, 0.1) is 10.6 Å². The van der Waals surface area contributed by atoms with E-state index in [0.29, 0.717) is 5.56 Å². The van der Waals surface area contributed by atoms with Gasteiger partial charge in [0.15, 0.2) is 5.82 Å². The van der Waals surface area contributed by atoms with Crippen LogP contribution in [0, 0.1) is 11.6 Å². The normalized spacial score (nSPS) is 11.9. The van der Waals surface area contributed by atoms with Gasteiger partial charge >= 0.3 is 0 Å². The van der Waals surface area contributed by atoms with Gasteiger partial charge in [0, 0.05) is 12.3 Å². The van der Waals surface area contributed by atoms with Crippen LogP contribution in [0.15, 0.2) is 52.4 Å². The van der Waals surface area contributed by atoms with Gasteiger partial charge in [-0.05, 0) is 29.8 Å². The minimum absolute atomic E-state index is 0.0121. The summed E-state index contributed by atoms with van der Waals surface area (Å²) in [6, 6.07) is 8.63. The third-order valence-electron chi connectivity index (χ3n) is 2.47. The van der Waals surface area contributed by atoms with Crippen molar-refractivity contribution in [1.29, 1.82) is 0 Å². The van der Waals surface area contributed by atoms with Gasteiger partial charge in [-0.1, -0.05) is 12.1 Å². The molecule has 0 saturated heterocycles. The minimum atomic E-state index is -3.74. The van der Waals surface area contributed by atoms with E-state index in [1.165, 1.54) is 36.5 Å². The molecular weight excluding hydrogens is 286 g/mol. The fraction of sp³-hybridized carbons (Fsp3) is 0. The Hall–Kier alpha value is -2.12. The molecule has 104 valence electrons.